The first-order valence-electron chi connectivity index (χ1n) is 11.0. The van der Waals surface area contributed by atoms with E-state index < -0.39 is 0 Å². The third kappa shape index (κ3) is 3.77. The number of fused-ring (bicyclic) bond motifs is 1. The molecule has 1 N–H and O–H groups in total. The summed E-state index contributed by atoms with van der Waals surface area (Å²) in [5, 5.41) is 3.12. The van der Waals surface area contributed by atoms with Gasteiger partial charge in [0.1, 0.15) is 17.3 Å². The van der Waals surface area contributed by atoms with Crippen molar-refractivity contribution in [3.05, 3.63) is 59.7 Å². The van der Waals surface area contributed by atoms with Gasteiger partial charge in [-0.1, -0.05) is 0 Å². The number of hydrogen-bond donors (Lipinski definition) is 1. The molecular formula is C24H27N5O3. The fraction of sp³-hybridized carbons (Fsp3) is 0.375. The van der Waals surface area contributed by atoms with Crippen molar-refractivity contribution in [1.82, 2.24) is 9.97 Å². The van der Waals surface area contributed by atoms with E-state index in [1.54, 1.807) is 20.4 Å². The van der Waals surface area contributed by atoms with Gasteiger partial charge in [0.05, 0.1) is 24.6 Å². The molecule has 1 fully saturated rings. The molecule has 0 saturated carbocycles. The molecule has 1 saturated heterocycles. The number of furan rings is 1. The van der Waals surface area contributed by atoms with Gasteiger partial charge in [-0.2, -0.15) is 4.98 Å². The summed E-state index contributed by atoms with van der Waals surface area (Å²) < 4.78 is 10.8. The summed E-state index contributed by atoms with van der Waals surface area (Å²) in [4.78, 5) is 27.0. The van der Waals surface area contributed by atoms with Crippen LogP contribution in [0.15, 0.2) is 47.1 Å². The molecule has 3 heterocycles. The molecule has 0 radical (unpaired) electrons. The number of aromatic nitrogens is 2. The molecule has 8 nitrogen and oxygen atoms in total. The third-order valence-corrected chi connectivity index (χ3v) is 6.30. The Kier molecular flexibility index (Phi) is 5.43. The number of piperazine rings is 1. The van der Waals surface area contributed by atoms with Crippen LogP contribution in [0.1, 0.15) is 34.2 Å². The maximum Gasteiger partial charge on any atom is 0.227 e. The summed E-state index contributed by atoms with van der Waals surface area (Å²) in [6.45, 7) is 3.36. The van der Waals surface area contributed by atoms with Gasteiger partial charge >= 0.3 is 0 Å². The van der Waals surface area contributed by atoms with Crippen molar-refractivity contribution in [2.45, 2.75) is 18.8 Å². The second-order valence-corrected chi connectivity index (χ2v) is 8.16. The average Bonchev–Trinajstić information content (AvgIpc) is 3.38. The van der Waals surface area contributed by atoms with Crippen LogP contribution in [0.25, 0.3) is 0 Å². The molecule has 166 valence electrons. The molecule has 0 bridgehead atoms. The molecule has 2 aliphatic rings. The number of ether oxygens (including phenoxy) is 1. The maximum atomic E-state index is 12.9. The molecule has 8 heteroatoms. The average molecular weight is 434 g/mol. The highest BCUT2D eigenvalue weighted by Gasteiger charge is 2.33. The van der Waals surface area contributed by atoms with E-state index in [2.05, 4.69) is 27.2 Å². The molecule has 32 heavy (non-hydrogen) atoms. The van der Waals surface area contributed by atoms with Crippen LogP contribution in [0.2, 0.25) is 0 Å². The SMILES string of the molecule is CNc1nc(N2CCN(c3ccc(OC)cc3)CC2)nc2c1C(=O)CC(c1ccco1)C2. The van der Waals surface area contributed by atoms with Crippen LogP contribution in [0, 0.1) is 0 Å². The van der Waals surface area contributed by atoms with Crippen LogP contribution in [-0.2, 0) is 6.42 Å². The van der Waals surface area contributed by atoms with E-state index in [-0.39, 0.29) is 11.7 Å². The number of Topliss-reactive ketones (excluding diaryl/α,β-unsaturated/α-hetero) is 1. The van der Waals surface area contributed by atoms with Crippen LogP contribution < -0.4 is 19.9 Å². The molecule has 0 spiro atoms. The molecule has 1 unspecified atom stereocenters. The number of methoxy groups -OCH3 is 1. The van der Waals surface area contributed by atoms with Gasteiger partial charge in [-0.3, -0.25) is 4.79 Å². The monoisotopic (exact) mass is 433 g/mol. The van der Waals surface area contributed by atoms with E-state index in [0.29, 0.717) is 30.2 Å². The van der Waals surface area contributed by atoms with E-state index in [1.807, 2.05) is 24.3 Å². The minimum atomic E-state index is 0.0179. The number of rotatable bonds is 5. The Balaban J connectivity index is 1.35. The number of benzene rings is 1. The first-order valence-corrected chi connectivity index (χ1v) is 11.0. The summed E-state index contributed by atoms with van der Waals surface area (Å²) >= 11 is 0. The van der Waals surface area contributed by atoms with Crippen LogP contribution in [0.3, 0.4) is 0 Å². The fourth-order valence-electron chi connectivity index (χ4n) is 4.57. The quantitative estimate of drug-likeness (QED) is 0.656. The molecule has 0 amide bonds. The summed E-state index contributed by atoms with van der Waals surface area (Å²) in [6.07, 6.45) is 2.74. The minimum absolute atomic E-state index is 0.0179. The molecular weight excluding hydrogens is 406 g/mol. The normalized spacial score (nSPS) is 18.4. The van der Waals surface area contributed by atoms with Gasteiger partial charge < -0.3 is 24.3 Å². The Morgan fingerprint density at radius 3 is 2.44 bits per heavy atom. The molecule has 5 rings (SSSR count). The number of anilines is 3. The number of nitrogens with one attached hydrogen (secondary N) is 1. The zero-order valence-corrected chi connectivity index (χ0v) is 18.4. The smallest absolute Gasteiger partial charge is 0.227 e. The van der Waals surface area contributed by atoms with Gasteiger partial charge in [0.25, 0.3) is 0 Å². The topological polar surface area (TPSA) is 83.7 Å². The van der Waals surface area contributed by atoms with Crippen LogP contribution in [0.5, 0.6) is 5.75 Å². The first kappa shape index (κ1) is 20.4. The predicted octanol–water partition coefficient (Wildman–Crippen LogP) is 3.36. The molecule has 1 aromatic carbocycles. The zero-order chi connectivity index (χ0) is 22.1. The Labute approximate surface area is 187 Å². The zero-order valence-electron chi connectivity index (χ0n) is 18.4. The van der Waals surface area contributed by atoms with E-state index >= 15 is 0 Å². The number of hydrogen-bond acceptors (Lipinski definition) is 8. The number of carbonyl (C=O) groups is 1. The van der Waals surface area contributed by atoms with Crippen LogP contribution >= 0.6 is 0 Å². The van der Waals surface area contributed by atoms with Gasteiger partial charge in [0, 0.05) is 57.7 Å². The van der Waals surface area contributed by atoms with Crippen molar-refractivity contribution >= 4 is 23.2 Å². The molecule has 1 atom stereocenters. The Morgan fingerprint density at radius 1 is 1.03 bits per heavy atom. The summed E-state index contributed by atoms with van der Waals surface area (Å²) in [7, 11) is 3.48. The van der Waals surface area contributed by atoms with E-state index in [0.717, 1.165) is 43.4 Å². The van der Waals surface area contributed by atoms with E-state index in [9.17, 15) is 4.79 Å². The van der Waals surface area contributed by atoms with Crippen molar-refractivity contribution in [3.8, 4) is 5.75 Å². The minimum Gasteiger partial charge on any atom is -0.497 e. The van der Waals surface area contributed by atoms with Crippen molar-refractivity contribution < 1.29 is 13.9 Å². The number of carbonyl (C=O) groups excluding carboxylic acids is 1. The van der Waals surface area contributed by atoms with E-state index in [1.165, 1.54) is 5.69 Å². The lowest BCUT2D eigenvalue weighted by atomic mass is 9.84. The highest BCUT2D eigenvalue weighted by molar-refractivity contribution is 6.03. The maximum absolute atomic E-state index is 12.9. The van der Waals surface area contributed by atoms with Gasteiger partial charge in [0.15, 0.2) is 5.78 Å². The van der Waals surface area contributed by atoms with Crippen LogP contribution in [0.4, 0.5) is 17.5 Å². The molecule has 1 aliphatic carbocycles. The predicted molar refractivity (Wildman–Crippen MR) is 123 cm³/mol. The van der Waals surface area contributed by atoms with Gasteiger partial charge in [0.2, 0.25) is 5.95 Å². The second-order valence-electron chi connectivity index (χ2n) is 8.16. The number of ketones is 1. The fourth-order valence-corrected chi connectivity index (χ4v) is 4.57. The molecule has 3 aromatic rings. The molecule has 2 aromatic heterocycles. The summed E-state index contributed by atoms with van der Waals surface area (Å²) in [6, 6.07) is 11.9. The third-order valence-electron chi connectivity index (χ3n) is 6.30. The van der Waals surface area contributed by atoms with E-state index in [4.69, 9.17) is 19.1 Å². The first-order chi connectivity index (χ1) is 15.7. The Bertz CT molecular complexity index is 1090. The van der Waals surface area contributed by atoms with Crippen molar-refractivity contribution in [1.29, 1.82) is 0 Å². The lowest BCUT2D eigenvalue weighted by Crippen LogP contribution is -2.47. The van der Waals surface area contributed by atoms with Crippen molar-refractivity contribution in [2.24, 2.45) is 0 Å². The largest absolute Gasteiger partial charge is 0.497 e. The van der Waals surface area contributed by atoms with Gasteiger partial charge in [-0.25, -0.2) is 4.98 Å². The lowest BCUT2D eigenvalue weighted by molar-refractivity contribution is 0.0959. The van der Waals surface area contributed by atoms with Crippen molar-refractivity contribution in [3.63, 3.8) is 0 Å². The van der Waals surface area contributed by atoms with Gasteiger partial charge in [-0.15, -0.1) is 0 Å². The Morgan fingerprint density at radius 2 is 1.78 bits per heavy atom. The van der Waals surface area contributed by atoms with Crippen molar-refractivity contribution in [2.75, 3.05) is 55.5 Å². The highest BCUT2D eigenvalue weighted by Crippen LogP contribution is 2.35. The second kappa shape index (κ2) is 8.53. The Hall–Kier alpha value is -3.55. The van der Waals surface area contributed by atoms with Gasteiger partial charge in [-0.05, 0) is 36.4 Å². The number of nitrogens with zero attached hydrogens (tertiary/aromatic N) is 4. The summed E-state index contributed by atoms with van der Waals surface area (Å²) in [5.74, 6) is 3.07. The standard InChI is InChI=1S/C24H27N5O3/c1-25-23-22-19(14-16(15-20(22)30)21-4-3-13-32-21)26-24(27-23)29-11-9-28(10-12-29)17-5-7-18(31-2)8-6-17/h3-8,13,16H,9-12,14-15H2,1-2H3,(H,25,26,27). The molecule has 1 aliphatic heterocycles. The van der Waals surface area contributed by atoms with Crippen LogP contribution in [-0.4, -0.2) is 56.1 Å². The highest BCUT2D eigenvalue weighted by atomic mass is 16.5. The lowest BCUT2D eigenvalue weighted by Gasteiger charge is -2.36. The summed E-state index contributed by atoms with van der Waals surface area (Å²) in [5.41, 5.74) is 2.60.